The number of anilines is 3. The second-order valence-electron chi connectivity index (χ2n) is 16.5. The fraction of sp³-hybridized carbons (Fsp3) is 0.370. The lowest BCUT2D eigenvalue weighted by molar-refractivity contribution is -0.139. The summed E-state index contributed by atoms with van der Waals surface area (Å²) in [7, 11) is -3.69. The van der Waals surface area contributed by atoms with Crippen LogP contribution in [-0.4, -0.2) is 114 Å². The molecule has 7 rings (SSSR count). The van der Waals surface area contributed by atoms with E-state index in [9.17, 15) is 47.1 Å². The molecule has 5 amide bonds. The van der Waals surface area contributed by atoms with Gasteiger partial charge in [0.05, 0.1) is 17.2 Å². The molecule has 4 heterocycles. The summed E-state index contributed by atoms with van der Waals surface area (Å²) in [6.45, 7) is 0.365. The molecule has 1 atom stereocenters. The molecule has 0 aliphatic carbocycles. The molecule has 22 heteroatoms. The van der Waals surface area contributed by atoms with E-state index >= 15 is 0 Å². The number of carbonyl (C=O) groups excluding carboxylic acids is 5. The molecule has 4 aromatic rings. The molecule has 0 saturated carbocycles. The van der Waals surface area contributed by atoms with Crippen LogP contribution in [0.25, 0.3) is 10.4 Å². The Hall–Kier alpha value is -6.55. The second-order valence-corrected chi connectivity index (χ2v) is 19.9. The maximum atomic E-state index is 13.5. The molecule has 0 bridgehead atoms. The molecule has 68 heavy (non-hydrogen) atoms. The number of hydrogen-bond acceptors (Lipinski definition) is 13. The number of unbranched alkanes of at least 4 members (excludes halogenated alkanes) is 2. The summed E-state index contributed by atoms with van der Waals surface area (Å²) in [5, 5.41) is 33.2. The van der Waals surface area contributed by atoms with E-state index in [1.165, 1.54) is 9.21 Å². The van der Waals surface area contributed by atoms with E-state index in [0.717, 1.165) is 11.3 Å². The molecular formula is C46H50ClN7O12S2. The summed E-state index contributed by atoms with van der Waals surface area (Å²) in [6.07, 6.45) is 3.58. The van der Waals surface area contributed by atoms with Crippen LogP contribution in [0.4, 0.5) is 17.1 Å². The molecule has 3 aliphatic rings. The third-order valence-corrected chi connectivity index (χ3v) is 15.2. The Balaban J connectivity index is 0.796. The number of amides is 5. The number of halogens is 1. The normalized spacial score (nSPS) is 16.5. The van der Waals surface area contributed by atoms with Crippen molar-refractivity contribution in [1.29, 1.82) is 0 Å². The Kier molecular flexibility index (Phi) is 16.0. The number of thiophene rings is 1. The van der Waals surface area contributed by atoms with Gasteiger partial charge >= 0.3 is 11.9 Å². The number of piperidine rings is 2. The van der Waals surface area contributed by atoms with Crippen molar-refractivity contribution in [3.05, 3.63) is 93.3 Å². The second kappa shape index (κ2) is 22.0. The average Bonchev–Trinajstić information content (AvgIpc) is 3.82. The molecule has 0 radical (unpaired) electrons. The predicted octanol–water partition coefficient (Wildman–Crippen LogP) is 5.12. The highest BCUT2D eigenvalue weighted by molar-refractivity contribution is 7.88. The largest absolute Gasteiger partial charge is 0.479 e. The highest BCUT2D eigenvalue weighted by atomic mass is 35.5. The van der Waals surface area contributed by atoms with Crippen molar-refractivity contribution in [3.63, 3.8) is 0 Å². The molecular weight excluding hydrogens is 942 g/mol. The van der Waals surface area contributed by atoms with Gasteiger partial charge in [-0.1, -0.05) is 48.4 Å². The highest BCUT2D eigenvalue weighted by Gasteiger charge is 2.40. The van der Waals surface area contributed by atoms with Crippen molar-refractivity contribution >= 4 is 91.5 Å². The summed E-state index contributed by atoms with van der Waals surface area (Å²) in [6, 6.07) is 18.2. The lowest BCUT2D eigenvalue weighted by atomic mass is 10.0. The van der Waals surface area contributed by atoms with Gasteiger partial charge in [0, 0.05) is 73.3 Å². The number of sulfonamides is 1. The van der Waals surface area contributed by atoms with Crippen LogP contribution in [-0.2, 0) is 46.3 Å². The maximum absolute atomic E-state index is 13.5. The molecule has 360 valence electrons. The van der Waals surface area contributed by atoms with Crippen LogP contribution in [0.1, 0.15) is 82.5 Å². The van der Waals surface area contributed by atoms with Gasteiger partial charge in [-0.15, -0.1) is 11.3 Å². The van der Waals surface area contributed by atoms with Crippen LogP contribution in [0.5, 0.6) is 5.75 Å². The zero-order chi connectivity index (χ0) is 48.5. The molecule has 2 saturated heterocycles. The zero-order valence-electron chi connectivity index (χ0n) is 36.7. The molecule has 7 N–H and O–H groups in total. The number of rotatable bonds is 21. The summed E-state index contributed by atoms with van der Waals surface area (Å²) >= 11 is 7.34. The summed E-state index contributed by atoms with van der Waals surface area (Å²) in [5.74, 6) is -4.65. The Morgan fingerprint density at radius 3 is 2.40 bits per heavy atom. The molecule has 2 fully saturated rings. The number of fused-ring (bicyclic) bond motifs is 1. The first-order valence-corrected chi connectivity index (χ1v) is 24.8. The third-order valence-electron chi connectivity index (χ3n) is 11.7. The van der Waals surface area contributed by atoms with Gasteiger partial charge in [-0.05, 0) is 79.6 Å². The Labute approximate surface area is 400 Å². The van der Waals surface area contributed by atoms with Crippen LogP contribution < -0.4 is 31.3 Å². The van der Waals surface area contributed by atoms with E-state index in [1.54, 1.807) is 60.7 Å². The van der Waals surface area contributed by atoms with Crippen molar-refractivity contribution < 1.29 is 56.9 Å². The number of nitrogens with zero attached hydrogens (tertiary/aromatic N) is 2. The SMILES string of the molecule is O=C(O)COc1c(C(=O)O)sc(-c2cccc(NC3CCN(S(=O)(=O)Cc4cccc(NC(=O)CCCCCNC(=O)CNc5cccc6c5CN(C5CCC(=O)NC5=O)C6=O)c4)CC3)c2)c1Cl. The topological polar surface area (TPSA) is 270 Å². The van der Waals surface area contributed by atoms with Gasteiger partial charge in [0.2, 0.25) is 33.7 Å². The first-order chi connectivity index (χ1) is 32.6. The predicted molar refractivity (Wildman–Crippen MR) is 253 cm³/mol. The minimum absolute atomic E-state index is 0.00390. The van der Waals surface area contributed by atoms with Gasteiger partial charge < -0.3 is 41.1 Å². The Morgan fingerprint density at radius 1 is 0.897 bits per heavy atom. The van der Waals surface area contributed by atoms with Gasteiger partial charge in [0.25, 0.3) is 5.91 Å². The zero-order valence-corrected chi connectivity index (χ0v) is 39.1. The first-order valence-electron chi connectivity index (χ1n) is 22.0. The van der Waals surface area contributed by atoms with Gasteiger partial charge in [0.1, 0.15) is 11.1 Å². The van der Waals surface area contributed by atoms with Crippen molar-refractivity contribution in [2.75, 3.05) is 48.7 Å². The lowest BCUT2D eigenvalue weighted by Gasteiger charge is -2.32. The number of carbonyl (C=O) groups is 7. The van der Waals surface area contributed by atoms with Gasteiger partial charge in [0.15, 0.2) is 17.2 Å². The Bertz CT molecular complexity index is 2720. The number of ether oxygens (including phenoxy) is 1. The smallest absolute Gasteiger partial charge is 0.349 e. The van der Waals surface area contributed by atoms with Crippen LogP contribution in [0.3, 0.4) is 0 Å². The van der Waals surface area contributed by atoms with Gasteiger partial charge in [-0.25, -0.2) is 22.3 Å². The van der Waals surface area contributed by atoms with E-state index < -0.39 is 40.5 Å². The molecule has 19 nitrogen and oxygen atoms in total. The van der Waals surface area contributed by atoms with Crippen molar-refractivity contribution in [2.45, 2.75) is 75.7 Å². The molecule has 3 aromatic carbocycles. The van der Waals surface area contributed by atoms with E-state index in [1.807, 2.05) is 6.07 Å². The third kappa shape index (κ3) is 12.3. The first kappa shape index (κ1) is 49.4. The molecule has 3 aliphatic heterocycles. The number of aromatic carboxylic acids is 1. The van der Waals surface area contributed by atoms with Gasteiger partial charge in [-0.2, -0.15) is 0 Å². The Morgan fingerprint density at radius 2 is 1.65 bits per heavy atom. The number of imide groups is 1. The van der Waals surface area contributed by atoms with E-state index in [2.05, 4.69) is 26.6 Å². The number of nitrogens with one attached hydrogen (secondary N) is 5. The molecule has 0 spiro atoms. The fourth-order valence-electron chi connectivity index (χ4n) is 8.32. The average molecular weight is 993 g/mol. The molecule has 1 aromatic heterocycles. The van der Waals surface area contributed by atoms with Crippen molar-refractivity contribution in [3.8, 4) is 16.2 Å². The van der Waals surface area contributed by atoms with Gasteiger partial charge in [-0.3, -0.25) is 29.3 Å². The van der Waals surface area contributed by atoms with E-state index in [4.69, 9.17) is 21.4 Å². The van der Waals surface area contributed by atoms with Crippen LogP contribution in [0, 0.1) is 0 Å². The quantitative estimate of drug-likeness (QED) is 0.0422. The standard InChI is InChI=1S/C46H50ClN7O12S2/c47-40-41(66-25-39(58)59)43(46(62)63)67-42(40)28-8-5-10-31(22-28)50-29-16-19-53(20-17-29)68(64,65)26-27-7-4-9-30(21-27)51-36(55)13-2-1-3-18-48-38(57)23-49-34-12-6-11-32-33(34)24-54(45(32)61)35-14-15-37(56)52-44(35)60/h4-12,21-22,29,35,49-50H,1-3,13-20,23-26H2,(H,48,57)(H,51,55)(H,58,59)(H,62,63)(H,52,56,60). The number of hydrogen-bond donors (Lipinski definition) is 7. The minimum Gasteiger partial charge on any atom is -0.479 e. The lowest BCUT2D eigenvalue weighted by Crippen LogP contribution is -2.52. The fourth-order valence-corrected chi connectivity index (χ4v) is 11.3. The highest BCUT2D eigenvalue weighted by Crippen LogP contribution is 2.46. The number of aliphatic carboxylic acids is 1. The summed E-state index contributed by atoms with van der Waals surface area (Å²) in [5.41, 5.74) is 4.06. The van der Waals surface area contributed by atoms with Crippen LogP contribution in [0.15, 0.2) is 66.7 Å². The summed E-state index contributed by atoms with van der Waals surface area (Å²) < 4.78 is 33.7. The minimum atomic E-state index is -3.69. The monoisotopic (exact) mass is 991 g/mol. The van der Waals surface area contributed by atoms with Crippen molar-refractivity contribution in [2.24, 2.45) is 0 Å². The van der Waals surface area contributed by atoms with E-state index in [0.29, 0.717) is 82.8 Å². The number of benzene rings is 3. The number of carboxylic acids is 2. The van der Waals surface area contributed by atoms with Crippen LogP contribution in [0.2, 0.25) is 5.02 Å². The molecule has 1 unspecified atom stereocenters. The van der Waals surface area contributed by atoms with Crippen LogP contribution >= 0.6 is 22.9 Å². The maximum Gasteiger partial charge on any atom is 0.349 e. The number of carboxylic acid groups (broad SMARTS) is 2. The summed E-state index contributed by atoms with van der Waals surface area (Å²) in [4.78, 5) is 87.0. The van der Waals surface area contributed by atoms with E-state index in [-0.39, 0.29) is 96.5 Å². The van der Waals surface area contributed by atoms with Crippen molar-refractivity contribution in [1.82, 2.24) is 19.8 Å².